The Hall–Kier alpha value is -1.88. The molecule has 0 atom stereocenters. The van der Waals surface area contributed by atoms with Gasteiger partial charge in [-0.1, -0.05) is 6.92 Å². The van der Waals surface area contributed by atoms with Gasteiger partial charge in [-0.3, -0.25) is 0 Å². The molecule has 5 heteroatoms. The van der Waals surface area contributed by atoms with Crippen LogP contribution in [0.15, 0.2) is 29.8 Å². The molecule has 0 unspecified atom stereocenters. The maximum absolute atomic E-state index is 11.9. The fourth-order valence-electron chi connectivity index (χ4n) is 1.92. The summed E-state index contributed by atoms with van der Waals surface area (Å²) >= 11 is 1.71. The predicted molar refractivity (Wildman–Crippen MR) is 81.2 cm³/mol. The molecule has 0 aliphatic carbocycles. The summed E-state index contributed by atoms with van der Waals surface area (Å²) < 4.78 is 5.03. The SMILES string of the molecule is CCOC(=O)c1cccnc1NCc1sccc1CC. The van der Waals surface area contributed by atoms with E-state index in [1.807, 2.05) is 0 Å². The van der Waals surface area contributed by atoms with Gasteiger partial charge in [-0.15, -0.1) is 11.3 Å². The molecule has 1 N–H and O–H groups in total. The van der Waals surface area contributed by atoms with E-state index in [9.17, 15) is 4.79 Å². The summed E-state index contributed by atoms with van der Waals surface area (Å²) in [6.45, 7) is 4.96. The molecule has 0 bridgehead atoms. The molecule has 0 saturated heterocycles. The summed E-state index contributed by atoms with van der Waals surface area (Å²) in [5.41, 5.74) is 1.81. The van der Waals surface area contributed by atoms with Crippen molar-refractivity contribution in [2.75, 3.05) is 11.9 Å². The summed E-state index contributed by atoms with van der Waals surface area (Å²) in [5, 5.41) is 5.31. The molecule has 2 aromatic rings. The Bertz CT molecular complexity index is 581. The third kappa shape index (κ3) is 3.36. The van der Waals surface area contributed by atoms with Crippen LogP contribution in [0, 0.1) is 0 Å². The molecular weight excluding hydrogens is 272 g/mol. The molecule has 2 heterocycles. The van der Waals surface area contributed by atoms with E-state index in [0.29, 0.717) is 24.5 Å². The first-order chi connectivity index (χ1) is 9.76. The van der Waals surface area contributed by atoms with Gasteiger partial charge in [-0.05, 0) is 42.5 Å². The van der Waals surface area contributed by atoms with E-state index in [-0.39, 0.29) is 5.97 Å². The van der Waals surface area contributed by atoms with Crippen LogP contribution in [0.25, 0.3) is 0 Å². The fraction of sp³-hybridized carbons (Fsp3) is 0.333. The Morgan fingerprint density at radius 3 is 3.00 bits per heavy atom. The van der Waals surface area contributed by atoms with Crippen LogP contribution in [0.2, 0.25) is 0 Å². The number of anilines is 1. The highest BCUT2D eigenvalue weighted by molar-refractivity contribution is 7.10. The van der Waals surface area contributed by atoms with Crippen LogP contribution in [0.4, 0.5) is 5.82 Å². The molecule has 0 spiro atoms. The molecule has 0 aromatic carbocycles. The van der Waals surface area contributed by atoms with Crippen LogP contribution in [-0.2, 0) is 17.7 Å². The van der Waals surface area contributed by atoms with Crippen LogP contribution in [0.5, 0.6) is 0 Å². The fourth-order valence-corrected chi connectivity index (χ4v) is 2.84. The van der Waals surface area contributed by atoms with E-state index in [2.05, 4.69) is 28.7 Å². The van der Waals surface area contributed by atoms with Crippen molar-refractivity contribution in [3.8, 4) is 0 Å². The minimum atomic E-state index is -0.343. The molecule has 2 aromatic heterocycles. The normalized spacial score (nSPS) is 10.3. The van der Waals surface area contributed by atoms with Crippen molar-refractivity contribution in [2.45, 2.75) is 26.8 Å². The van der Waals surface area contributed by atoms with Crippen LogP contribution < -0.4 is 5.32 Å². The molecule has 2 rings (SSSR count). The van der Waals surface area contributed by atoms with Gasteiger partial charge < -0.3 is 10.1 Å². The Balaban J connectivity index is 2.11. The molecule has 0 radical (unpaired) electrons. The highest BCUT2D eigenvalue weighted by atomic mass is 32.1. The van der Waals surface area contributed by atoms with Crippen LogP contribution in [-0.4, -0.2) is 17.6 Å². The van der Waals surface area contributed by atoms with Gasteiger partial charge in [0.05, 0.1) is 13.2 Å². The molecule has 0 aliphatic rings. The van der Waals surface area contributed by atoms with E-state index < -0.39 is 0 Å². The monoisotopic (exact) mass is 290 g/mol. The number of nitrogens with one attached hydrogen (secondary N) is 1. The molecule has 0 saturated carbocycles. The van der Waals surface area contributed by atoms with Gasteiger partial charge in [0.1, 0.15) is 11.4 Å². The smallest absolute Gasteiger partial charge is 0.341 e. The van der Waals surface area contributed by atoms with E-state index in [4.69, 9.17) is 4.74 Å². The van der Waals surface area contributed by atoms with Gasteiger partial charge in [0.2, 0.25) is 0 Å². The standard InChI is InChI=1S/C15H18N2O2S/c1-3-11-7-9-20-13(11)10-17-14-12(6-5-8-16-14)15(18)19-4-2/h5-9H,3-4,10H2,1-2H3,(H,16,17). The Morgan fingerprint density at radius 2 is 2.25 bits per heavy atom. The second-order valence-electron chi connectivity index (χ2n) is 4.20. The van der Waals surface area contributed by atoms with Crippen LogP contribution in [0.3, 0.4) is 0 Å². The number of thiophene rings is 1. The van der Waals surface area contributed by atoms with E-state index in [1.54, 1.807) is 36.6 Å². The lowest BCUT2D eigenvalue weighted by Gasteiger charge is -2.10. The number of carbonyl (C=O) groups is 1. The average Bonchev–Trinajstić information content (AvgIpc) is 2.93. The zero-order valence-corrected chi connectivity index (χ0v) is 12.5. The topological polar surface area (TPSA) is 51.2 Å². The molecular formula is C15H18N2O2S. The molecule has 4 nitrogen and oxygen atoms in total. The number of aromatic nitrogens is 1. The summed E-state index contributed by atoms with van der Waals surface area (Å²) in [7, 11) is 0. The van der Waals surface area contributed by atoms with Crippen molar-refractivity contribution in [3.63, 3.8) is 0 Å². The highest BCUT2D eigenvalue weighted by Gasteiger charge is 2.13. The number of ether oxygens (including phenoxy) is 1. The third-order valence-electron chi connectivity index (χ3n) is 2.94. The number of pyridine rings is 1. The van der Waals surface area contributed by atoms with Crippen LogP contribution >= 0.6 is 11.3 Å². The first-order valence-electron chi connectivity index (χ1n) is 6.67. The number of hydrogen-bond donors (Lipinski definition) is 1. The number of rotatable bonds is 6. The first-order valence-corrected chi connectivity index (χ1v) is 7.55. The number of carbonyl (C=O) groups excluding carboxylic acids is 1. The van der Waals surface area contributed by atoms with Gasteiger partial charge in [0.25, 0.3) is 0 Å². The molecule has 0 amide bonds. The van der Waals surface area contributed by atoms with Crippen molar-refractivity contribution in [1.29, 1.82) is 0 Å². The Labute approximate surface area is 122 Å². The van der Waals surface area contributed by atoms with Gasteiger partial charge >= 0.3 is 5.97 Å². The minimum Gasteiger partial charge on any atom is -0.462 e. The lowest BCUT2D eigenvalue weighted by atomic mass is 10.2. The number of hydrogen-bond acceptors (Lipinski definition) is 5. The Kier molecular flexibility index (Phi) is 5.12. The van der Waals surface area contributed by atoms with Crippen molar-refractivity contribution >= 4 is 23.1 Å². The Morgan fingerprint density at radius 1 is 1.40 bits per heavy atom. The van der Waals surface area contributed by atoms with Gasteiger partial charge in [0, 0.05) is 11.1 Å². The zero-order valence-electron chi connectivity index (χ0n) is 11.7. The van der Waals surface area contributed by atoms with E-state index >= 15 is 0 Å². The lowest BCUT2D eigenvalue weighted by molar-refractivity contribution is 0.0527. The molecule has 0 fully saturated rings. The van der Waals surface area contributed by atoms with Gasteiger partial charge in [-0.2, -0.15) is 0 Å². The third-order valence-corrected chi connectivity index (χ3v) is 3.90. The van der Waals surface area contributed by atoms with Crippen molar-refractivity contribution in [1.82, 2.24) is 4.98 Å². The second-order valence-corrected chi connectivity index (χ2v) is 5.20. The minimum absolute atomic E-state index is 0.343. The summed E-state index contributed by atoms with van der Waals surface area (Å²) in [5.74, 6) is 0.228. The van der Waals surface area contributed by atoms with Crippen molar-refractivity contribution in [2.24, 2.45) is 0 Å². The summed E-state index contributed by atoms with van der Waals surface area (Å²) in [6, 6.07) is 5.59. The highest BCUT2D eigenvalue weighted by Crippen LogP contribution is 2.20. The number of aryl methyl sites for hydroxylation is 1. The molecule has 0 aliphatic heterocycles. The molecule has 20 heavy (non-hydrogen) atoms. The number of esters is 1. The predicted octanol–water partition coefficient (Wildman–Crippen LogP) is 3.49. The average molecular weight is 290 g/mol. The molecule has 106 valence electrons. The quantitative estimate of drug-likeness (QED) is 0.827. The lowest BCUT2D eigenvalue weighted by Crippen LogP contribution is -2.11. The zero-order chi connectivity index (χ0) is 14.4. The summed E-state index contributed by atoms with van der Waals surface area (Å²) in [4.78, 5) is 17.4. The van der Waals surface area contributed by atoms with Gasteiger partial charge in [0.15, 0.2) is 0 Å². The van der Waals surface area contributed by atoms with E-state index in [1.165, 1.54) is 10.4 Å². The van der Waals surface area contributed by atoms with Crippen molar-refractivity contribution < 1.29 is 9.53 Å². The van der Waals surface area contributed by atoms with Crippen LogP contribution in [0.1, 0.15) is 34.6 Å². The maximum atomic E-state index is 11.9. The summed E-state index contributed by atoms with van der Waals surface area (Å²) in [6.07, 6.45) is 2.67. The van der Waals surface area contributed by atoms with Gasteiger partial charge in [-0.25, -0.2) is 9.78 Å². The van der Waals surface area contributed by atoms with Crippen molar-refractivity contribution in [3.05, 3.63) is 45.8 Å². The first kappa shape index (κ1) is 14.5. The maximum Gasteiger partial charge on any atom is 0.341 e. The second kappa shape index (κ2) is 7.05. The largest absolute Gasteiger partial charge is 0.462 e. The number of nitrogens with zero attached hydrogens (tertiary/aromatic N) is 1. The van der Waals surface area contributed by atoms with E-state index in [0.717, 1.165) is 6.42 Å².